The molecule has 1 saturated heterocycles. The molecule has 0 radical (unpaired) electrons. The average Bonchev–Trinajstić information content (AvgIpc) is 3.30. The van der Waals surface area contributed by atoms with E-state index in [-0.39, 0.29) is 0 Å². The van der Waals surface area contributed by atoms with E-state index in [4.69, 9.17) is 4.42 Å². The van der Waals surface area contributed by atoms with E-state index in [0.29, 0.717) is 5.92 Å². The summed E-state index contributed by atoms with van der Waals surface area (Å²) in [6.07, 6.45) is 3.26. The summed E-state index contributed by atoms with van der Waals surface area (Å²) in [6, 6.07) is 8.43. The van der Waals surface area contributed by atoms with Crippen LogP contribution < -0.4 is 5.32 Å². The van der Waals surface area contributed by atoms with Crippen molar-refractivity contribution in [1.82, 2.24) is 25.0 Å². The molecule has 0 bridgehead atoms. The highest BCUT2D eigenvalue weighted by molar-refractivity contribution is 5.82. The molecule has 0 atom stereocenters. The maximum atomic E-state index is 6.08. The Labute approximate surface area is 159 Å². The van der Waals surface area contributed by atoms with Gasteiger partial charge < -0.3 is 14.3 Å². The third kappa shape index (κ3) is 3.07. The summed E-state index contributed by atoms with van der Waals surface area (Å²) in [7, 11) is 0. The number of nitrogens with one attached hydrogen (secondary N) is 1. The van der Waals surface area contributed by atoms with Crippen LogP contribution in [0.3, 0.4) is 0 Å². The first kappa shape index (κ1) is 17.0. The Morgan fingerprint density at radius 3 is 2.85 bits per heavy atom. The van der Waals surface area contributed by atoms with Gasteiger partial charge in [0.1, 0.15) is 23.0 Å². The Morgan fingerprint density at radius 2 is 2.00 bits per heavy atom. The predicted molar refractivity (Wildman–Crippen MR) is 105 cm³/mol. The van der Waals surface area contributed by atoms with Crippen LogP contribution in [0.5, 0.6) is 0 Å². The maximum absolute atomic E-state index is 6.08. The molecular formula is C21H27N5O. The van der Waals surface area contributed by atoms with Gasteiger partial charge in [-0.25, -0.2) is 0 Å². The molecular weight excluding hydrogens is 338 g/mol. The smallest absolute Gasteiger partial charge is 0.147 e. The second kappa shape index (κ2) is 7.09. The van der Waals surface area contributed by atoms with Crippen LogP contribution in [0.2, 0.25) is 0 Å². The number of nitrogens with zero attached hydrogens (tertiary/aromatic N) is 4. The Morgan fingerprint density at radius 1 is 1.15 bits per heavy atom. The summed E-state index contributed by atoms with van der Waals surface area (Å²) in [5, 5.41) is 13.6. The van der Waals surface area contributed by atoms with Gasteiger partial charge >= 0.3 is 0 Å². The molecule has 142 valence electrons. The van der Waals surface area contributed by atoms with E-state index in [2.05, 4.69) is 56.2 Å². The monoisotopic (exact) mass is 365 g/mol. The number of hydrogen-bond donors (Lipinski definition) is 1. The molecule has 1 aromatic carbocycles. The van der Waals surface area contributed by atoms with Gasteiger partial charge in [0, 0.05) is 42.9 Å². The number of piperidine rings is 1. The molecule has 1 fully saturated rings. The summed E-state index contributed by atoms with van der Waals surface area (Å²) in [4.78, 5) is 2.57. The van der Waals surface area contributed by atoms with Gasteiger partial charge in [-0.2, -0.15) is 0 Å². The van der Waals surface area contributed by atoms with E-state index in [1.54, 1.807) is 0 Å². The molecule has 0 spiro atoms. The third-order valence-electron chi connectivity index (χ3n) is 6.09. The SMILES string of the molecule is CCc1oc2ccccc2c1CN1CCC(c2nnc3n2CCNC3)CC1. The molecule has 2 aliphatic rings. The lowest BCUT2D eigenvalue weighted by Gasteiger charge is -2.32. The second-order valence-electron chi connectivity index (χ2n) is 7.71. The zero-order valence-electron chi connectivity index (χ0n) is 15.9. The summed E-state index contributed by atoms with van der Waals surface area (Å²) in [5.74, 6) is 3.97. The molecule has 6 heteroatoms. The molecule has 0 saturated carbocycles. The highest BCUT2D eigenvalue weighted by atomic mass is 16.3. The lowest BCUT2D eigenvalue weighted by atomic mass is 9.95. The number of furan rings is 1. The average molecular weight is 365 g/mol. The van der Waals surface area contributed by atoms with Crippen LogP contribution >= 0.6 is 0 Å². The van der Waals surface area contributed by atoms with Gasteiger partial charge in [0.2, 0.25) is 0 Å². The van der Waals surface area contributed by atoms with Crippen molar-refractivity contribution in [3.8, 4) is 0 Å². The fourth-order valence-corrected chi connectivity index (χ4v) is 4.60. The van der Waals surface area contributed by atoms with Crippen LogP contribution in [0, 0.1) is 0 Å². The summed E-state index contributed by atoms with van der Waals surface area (Å²) >= 11 is 0. The largest absolute Gasteiger partial charge is 0.461 e. The van der Waals surface area contributed by atoms with Crippen molar-refractivity contribution in [2.24, 2.45) is 0 Å². The van der Waals surface area contributed by atoms with Crippen LogP contribution in [0.25, 0.3) is 11.0 Å². The highest BCUT2D eigenvalue weighted by Gasteiger charge is 2.27. The summed E-state index contributed by atoms with van der Waals surface area (Å²) in [6.45, 7) is 8.23. The number of hydrogen-bond acceptors (Lipinski definition) is 5. The number of rotatable bonds is 4. The van der Waals surface area contributed by atoms with Gasteiger partial charge in [0.25, 0.3) is 0 Å². The van der Waals surface area contributed by atoms with E-state index in [0.717, 1.165) is 75.7 Å². The number of fused-ring (bicyclic) bond motifs is 2. The van der Waals surface area contributed by atoms with Crippen molar-refractivity contribution in [2.45, 2.75) is 51.7 Å². The number of para-hydroxylation sites is 1. The van der Waals surface area contributed by atoms with E-state index in [9.17, 15) is 0 Å². The second-order valence-corrected chi connectivity index (χ2v) is 7.71. The minimum absolute atomic E-state index is 0.535. The highest BCUT2D eigenvalue weighted by Crippen LogP contribution is 2.31. The minimum atomic E-state index is 0.535. The van der Waals surface area contributed by atoms with Gasteiger partial charge in [-0.3, -0.25) is 4.90 Å². The Kier molecular flexibility index (Phi) is 4.45. The first-order valence-corrected chi connectivity index (χ1v) is 10.2. The molecule has 0 unspecified atom stereocenters. The van der Waals surface area contributed by atoms with E-state index >= 15 is 0 Å². The molecule has 27 heavy (non-hydrogen) atoms. The maximum Gasteiger partial charge on any atom is 0.147 e. The van der Waals surface area contributed by atoms with E-state index in [1.807, 2.05) is 0 Å². The van der Waals surface area contributed by atoms with Gasteiger partial charge in [-0.15, -0.1) is 10.2 Å². The lowest BCUT2D eigenvalue weighted by molar-refractivity contribution is 0.199. The summed E-state index contributed by atoms with van der Waals surface area (Å²) < 4.78 is 8.42. The molecule has 0 aliphatic carbocycles. The molecule has 3 aromatic rings. The fraction of sp³-hybridized carbons (Fsp3) is 0.524. The molecule has 2 aliphatic heterocycles. The van der Waals surface area contributed by atoms with Crippen LogP contribution in [0.4, 0.5) is 0 Å². The minimum Gasteiger partial charge on any atom is -0.461 e. The fourth-order valence-electron chi connectivity index (χ4n) is 4.60. The molecule has 1 N–H and O–H groups in total. The zero-order chi connectivity index (χ0) is 18.2. The number of likely N-dealkylation sites (tertiary alicyclic amines) is 1. The van der Waals surface area contributed by atoms with Crippen molar-refractivity contribution in [3.63, 3.8) is 0 Å². The van der Waals surface area contributed by atoms with Crippen LogP contribution in [-0.2, 0) is 26.1 Å². The van der Waals surface area contributed by atoms with E-state index in [1.165, 1.54) is 16.8 Å². The zero-order valence-corrected chi connectivity index (χ0v) is 15.9. The van der Waals surface area contributed by atoms with Crippen molar-refractivity contribution in [3.05, 3.63) is 47.2 Å². The van der Waals surface area contributed by atoms with Gasteiger partial charge in [-0.1, -0.05) is 25.1 Å². The summed E-state index contributed by atoms with van der Waals surface area (Å²) in [5.41, 5.74) is 2.39. The van der Waals surface area contributed by atoms with Crippen LogP contribution in [0.1, 0.15) is 48.7 Å². The van der Waals surface area contributed by atoms with Crippen LogP contribution in [-0.4, -0.2) is 39.3 Å². The van der Waals surface area contributed by atoms with Gasteiger partial charge in [0.15, 0.2) is 0 Å². The standard InChI is InChI=1S/C21H27N5O/c1-2-18-17(16-5-3-4-6-19(16)27-18)14-25-10-7-15(8-11-25)21-24-23-20-13-22-9-12-26(20)21/h3-6,15,22H,2,7-14H2,1H3. The lowest BCUT2D eigenvalue weighted by Crippen LogP contribution is -2.34. The van der Waals surface area contributed by atoms with Gasteiger partial charge in [0.05, 0.1) is 6.54 Å². The normalized spacial score (nSPS) is 18.9. The molecule has 0 amide bonds. The topological polar surface area (TPSA) is 59.1 Å². The van der Waals surface area contributed by atoms with Gasteiger partial charge in [-0.05, 0) is 32.0 Å². The van der Waals surface area contributed by atoms with Crippen molar-refractivity contribution >= 4 is 11.0 Å². The van der Waals surface area contributed by atoms with Crippen LogP contribution in [0.15, 0.2) is 28.7 Å². The number of aryl methyl sites for hydroxylation is 1. The molecule has 4 heterocycles. The van der Waals surface area contributed by atoms with Crippen molar-refractivity contribution in [1.29, 1.82) is 0 Å². The number of benzene rings is 1. The Bertz CT molecular complexity index is 935. The molecule has 6 nitrogen and oxygen atoms in total. The molecule has 5 rings (SSSR count). The quantitative estimate of drug-likeness (QED) is 0.770. The Hall–Kier alpha value is -2.18. The van der Waals surface area contributed by atoms with Crippen molar-refractivity contribution in [2.75, 3.05) is 19.6 Å². The predicted octanol–water partition coefficient (Wildman–Crippen LogP) is 3.07. The van der Waals surface area contributed by atoms with Crippen molar-refractivity contribution < 1.29 is 4.42 Å². The van der Waals surface area contributed by atoms with E-state index < -0.39 is 0 Å². The Balaban J connectivity index is 1.30. The number of aromatic nitrogens is 3. The first-order valence-electron chi connectivity index (χ1n) is 10.2. The molecule has 2 aromatic heterocycles. The first-order chi connectivity index (χ1) is 13.3. The third-order valence-corrected chi connectivity index (χ3v) is 6.09.